The van der Waals surface area contributed by atoms with Crippen LogP contribution in [0.25, 0.3) is 0 Å². The molecule has 1 N–H and O–H groups in total. The van der Waals surface area contributed by atoms with Crippen molar-refractivity contribution >= 4 is 21.6 Å². The minimum atomic E-state index is -3.48. The van der Waals surface area contributed by atoms with Gasteiger partial charge in [0.05, 0.1) is 4.90 Å². The fourth-order valence-electron chi connectivity index (χ4n) is 4.25. The highest BCUT2D eigenvalue weighted by Crippen LogP contribution is 2.65. The topological polar surface area (TPSA) is 46.2 Å². The van der Waals surface area contributed by atoms with E-state index >= 15 is 0 Å². The Hall–Kier alpha value is -0.580. The molecule has 21 heavy (non-hydrogen) atoms. The Morgan fingerprint density at radius 2 is 1.81 bits per heavy atom. The standard InChI is InChI=1S/C16H22ClNO2S/c1-15(2)11-8-9-16(15,3)14(10-11)18-21(19,20)13-6-4-12(17)5-7-13/h4-7,11,14,18H,8-10H2,1-3H3/t11?,14?,16-/m1/s1. The van der Waals surface area contributed by atoms with E-state index in [9.17, 15) is 8.42 Å². The number of benzene rings is 1. The van der Waals surface area contributed by atoms with Gasteiger partial charge in [0.15, 0.2) is 0 Å². The lowest BCUT2D eigenvalue weighted by Crippen LogP contribution is -2.46. The number of sulfonamides is 1. The van der Waals surface area contributed by atoms with Gasteiger partial charge in [0.1, 0.15) is 0 Å². The van der Waals surface area contributed by atoms with Crippen molar-refractivity contribution in [3.05, 3.63) is 29.3 Å². The predicted molar refractivity (Wildman–Crippen MR) is 84.8 cm³/mol. The van der Waals surface area contributed by atoms with Crippen molar-refractivity contribution in [3.8, 4) is 0 Å². The van der Waals surface area contributed by atoms with Gasteiger partial charge in [-0.15, -0.1) is 0 Å². The Kier molecular flexibility index (Phi) is 3.43. The first-order chi connectivity index (χ1) is 9.67. The van der Waals surface area contributed by atoms with Gasteiger partial charge in [-0.2, -0.15) is 0 Å². The Bertz CT molecular complexity index is 653. The summed E-state index contributed by atoms with van der Waals surface area (Å²) in [4.78, 5) is 0.288. The summed E-state index contributed by atoms with van der Waals surface area (Å²) >= 11 is 5.83. The Morgan fingerprint density at radius 1 is 1.19 bits per heavy atom. The smallest absolute Gasteiger partial charge is 0.207 e. The van der Waals surface area contributed by atoms with Crippen LogP contribution in [0.4, 0.5) is 0 Å². The van der Waals surface area contributed by atoms with Crippen LogP contribution in [-0.2, 0) is 10.0 Å². The summed E-state index contributed by atoms with van der Waals surface area (Å²) in [6, 6.07) is 6.37. The van der Waals surface area contributed by atoms with Crippen LogP contribution in [-0.4, -0.2) is 14.5 Å². The molecule has 1 aromatic carbocycles. The fourth-order valence-corrected chi connectivity index (χ4v) is 5.74. The van der Waals surface area contributed by atoms with Crippen LogP contribution in [0.3, 0.4) is 0 Å². The van der Waals surface area contributed by atoms with Crippen molar-refractivity contribution in [1.29, 1.82) is 0 Å². The molecule has 5 heteroatoms. The van der Waals surface area contributed by atoms with E-state index in [-0.39, 0.29) is 21.8 Å². The monoisotopic (exact) mass is 327 g/mol. The lowest BCUT2D eigenvalue weighted by atomic mass is 9.69. The van der Waals surface area contributed by atoms with Gasteiger partial charge in [-0.1, -0.05) is 32.4 Å². The molecule has 3 nitrogen and oxygen atoms in total. The van der Waals surface area contributed by atoms with Crippen molar-refractivity contribution < 1.29 is 8.42 Å². The average Bonchev–Trinajstić information content (AvgIpc) is 2.72. The van der Waals surface area contributed by atoms with E-state index in [1.807, 2.05) is 0 Å². The first-order valence-electron chi connectivity index (χ1n) is 7.45. The number of rotatable bonds is 3. The summed E-state index contributed by atoms with van der Waals surface area (Å²) in [5.41, 5.74) is 0.233. The second kappa shape index (κ2) is 4.71. The molecule has 0 aromatic heterocycles. The van der Waals surface area contributed by atoms with Crippen molar-refractivity contribution in [2.75, 3.05) is 0 Å². The van der Waals surface area contributed by atoms with E-state index in [2.05, 4.69) is 25.5 Å². The number of hydrogen-bond donors (Lipinski definition) is 1. The van der Waals surface area contributed by atoms with E-state index in [1.165, 1.54) is 6.42 Å². The quantitative estimate of drug-likeness (QED) is 0.917. The highest BCUT2D eigenvalue weighted by atomic mass is 35.5. The molecule has 2 aliphatic carbocycles. The third kappa shape index (κ3) is 2.23. The van der Waals surface area contributed by atoms with E-state index in [1.54, 1.807) is 24.3 Å². The lowest BCUT2D eigenvalue weighted by Gasteiger charge is -2.39. The molecule has 0 radical (unpaired) electrons. The van der Waals surface area contributed by atoms with Crippen LogP contribution in [0.5, 0.6) is 0 Å². The summed E-state index contributed by atoms with van der Waals surface area (Å²) < 4.78 is 28.1. The van der Waals surface area contributed by atoms with Crippen molar-refractivity contribution in [2.24, 2.45) is 16.7 Å². The third-order valence-electron chi connectivity index (χ3n) is 6.22. The lowest BCUT2D eigenvalue weighted by molar-refractivity contribution is 0.130. The SMILES string of the molecule is CC1(C)C2CC[C@]1(C)C(NS(=O)(=O)c1ccc(Cl)cc1)C2. The Labute approximate surface area is 132 Å². The number of halogens is 1. The molecule has 2 unspecified atom stereocenters. The summed E-state index contributed by atoms with van der Waals surface area (Å²) in [5.74, 6) is 0.611. The van der Waals surface area contributed by atoms with E-state index in [0.717, 1.165) is 12.8 Å². The molecule has 2 fully saturated rings. The van der Waals surface area contributed by atoms with Gasteiger partial charge in [0, 0.05) is 11.1 Å². The molecule has 0 spiro atoms. The van der Waals surface area contributed by atoms with Crippen molar-refractivity contribution in [2.45, 2.75) is 51.0 Å². The largest absolute Gasteiger partial charge is 0.240 e. The number of hydrogen-bond acceptors (Lipinski definition) is 2. The molecule has 116 valence electrons. The molecule has 3 rings (SSSR count). The van der Waals surface area contributed by atoms with Crippen LogP contribution < -0.4 is 4.72 Å². The summed E-state index contributed by atoms with van der Waals surface area (Å²) in [6.45, 7) is 6.79. The normalized spacial score (nSPS) is 34.3. The van der Waals surface area contributed by atoms with Gasteiger partial charge in [-0.25, -0.2) is 13.1 Å². The molecule has 0 heterocycles. The Balaban J connectivity index is 1.86. The van der Waals surface area contributed by atoms with Gasteiger partial charge < -0.3 is 0 Å². The minimum absolute atomic E-state index is 0.0203. The van der Waals surface area contributed by atoms with E-state index in [4.69, 9.17) is 11.6 Å². The minimum Gasteiger partial charge on any atom is -0.207 e. The first-order valence-corrected chi connectivity index (χ1v) is 9.31. The fraction of sp³-hybridized carbons (Fsp3) is 0.625. The van der Waals surface area contributed by atoms with Crippen molar-refractivity contribution in [1.82, 2.24) is 4.72 Å². The molecular weight excluding hydrogens is 306 g/mol. The van der Waals surface area contributed by atoms with Gasteiger partial charge >= 0.3 is 0 Å². The molecule has 2 saturated carbocycles. The Morgan fingerprint density at radius 3 is 2.29 bits per heavy atom. The molecule has 2 aliphatic rings. The molecule has 0 aliphatic heterocycles. The number of nitrogens with one attached hydrogen (secondary N) is 1. The first kappa shape index (κ1) is 15.3. The third-order valence-corrected chi connectivity index (χ3v) is 7.95. The van der Waals surface area contributed by atoms with E-state index < -0.39 is 10.0 Å². The molecule has 0 saturated heterocycles. The zero-order valence-corrected chi connectivity index (χ0v) is 14.3. The second-order valence-electron chi connectivity index (χ2n) is 7.24. The van der Waals surface area contributed by atoms with Gasteiger partial charge in [0.2, 0.25) is 10.0 Å². The predicted octanol–water partition coefficient (Wildman–Crippen LogP) is 3.83. The average molecular weight is 328 g/mol. The summed E-state index contributed by atoms with van der Waals surface area (Å²) in [5, 5.41) is 0.543. The van der Waals surface area contributed by atoms with Crippen LogP contribution >= 0.6 is 11.6 Å². The molecule has 1 aromatic rings. The van der Waals surface area contributed by atoms with Crippen LogP contribution in [0.1, 0.15) is 40.0 Å². The highest BCUT2D eigenvalue weighted by Gasteiger charge is 2.61. The van der Waals surface area contributed by atoms with Gasteiger partial charge in [0.25, 0.3) is 0 Å². The zero-order valence-electron chi connectivity index (χ0n) is 12.7. The number of fused-ring (bicyclic) bond motifs is 2. The van der Waals surface area contributed by atoms with Gasteiger partial charge in [-0.05, 0) is 60.3 Å². The van der Waals surface area contributed by atoms with Gasteiger partial charge in [-0.3, -0.25) is 0 Å². The highest BCUT2D eigenvalue weighted by molar-refractivity contribution is 7.89. The maximum Gasteiger partial charge on any atom is 0.240 e. The molecule has 2 bridgehead atoms. The maximum absolute atomic E-state index is 12.6. The molecule has 3 atom stereocenters. The zero-order chi connectivity index (χ0) is 15.5. The molecular formula is C16H22ClNO2S. The van der Waals surface area contributed by atoms with Crippen molar-refractivity contribution in [3.63, 3.8) is 0 Å². The summed E-state index contributed by atoms with van der Waals surface area (Å²) in [7, 11) is -3.48. The van der Waals surface area contributed by atoms with E-state index in [0.29, 0.717) is 10.9 Å². The van der Waals surface area contributed by atoms with Crippen LogP contribution in [0.15, 0.2) is 29.2 Å². The second-order valence-corrected chi connectivity index (χ2v) is 9.39. The van der Waals surface area contributed by atoms with Crippen LogP contribution in [0.2, 0.25) is 5.02 Å². The van der Waals surface area contributed by atoms with Crippen LogP contribution in [0, 0.1) is 16.7 Å². The summed E-state index contributed by atoms with van der Waals surface area (Å²) in [6.07, 6.45) is 3.25. The maximum atomic E-state index is 12.6. The molecule has 0 amide bonds.